The lowest BCUT2D eigenvalue weighted by molar-refractivity contribution is -0.140. The summed E-state index contributed by atoms with van der Waals surface area (Å²) in [6.45, 7) is 7.50. The van der Waals surface area contributed by atoms with Crippen molar-refractivity contribution in [3.8, 4) is 5.75 Å². The molecule has 0 unspecified atom stereocenters. The minimum Gasteiger partial charge on any atom is -0.490 e. The molecule has 122 valence electrons. The maximum atomic E-state index is 12.6. The first-order chi connectivity index (χ1) is 10.3. The number of carbonyl (C=O) groups excluding carboxylic acids is 2. The zero-order valence-electron chi connectivity index (χ0n) is 13.8. The van der Waals surface area contributed by atoms with E-state index in [9.17, 15) is 9.59 Å². The van der Waals surface area contributed by atoms with E-state index in [1.807, 2.05) is 27.7 Å². The van der Waals surface area contributed by atoms with Crippen LogP contribution in [0, 0.1) is 13.8 Å². The number of rotatable bonds is 7. The van der Waals surface area contributed by atoms with Crippen LogP contribution >= 0.6 is 11.6 Å². The van der Waals surface area contributed by atoms with Gasteiger partial charge in [-0.1, -0.05) is 11.6 Å². The Labute approximate surface area is 136 Å². The van der Waals surface area contributed by atoms with Crippen LogP contribution in [0.25, 0.3) is 0 Å². The summed E-state index contributed by atoms with van der Waals surface area (Å²) >= 11 is 6.20. The van der Waals surface area contributed by atoms with Crippen LogP contribution in [0.5, 0.6) is 5.75 Å². The van der Waals surface area contributed by atoms with Crippen molar-refractivity contribution in [3.63, 3.8) is 0 Å². The molecule has 5 heteroatoms. The number of aryl methyl sites for hydroxylation is 1. The van der Waals surface area contributed by atoms with Crippen molar-refractivity contribution in [1.29, 1.82) is 0 Å². The van der Waals surface area contributed by atoms with Crippen molar-refractivity contribution in [2.24, 2.45) is 0 Å². The monoisotopic (exact) mass is 326 g/mol. The highest BCUT2D eigenvalue weighted by atomic mass is 35.5. The molecule has 1 aromatic rings. The maximum absolute atomic E-state index is 12.6. The van der Waals surface area contributed by atoms with Gasteiger partial charge < -0.3 is 9.47 Å². The molecule has 0 aliphatic rings. The van der Waals surface area contributed by atoms with Crippen molar-refractivity contribution >= 4 is 23.4 Å². The van der Waals surface area contributed by atoms with Crippen LogP contribution in [-0.4, -0.2) is 25.0 Å². The Morgan fingerprint density at radius 1 is 1.23 bits per heavy atom. The molecular weight excluding hydrogens is 304 g/mol. The second-order valence-electron chi connectivity index (χ2n) is 5.52. The Morgan fingerprint density at radius 3 is 2.41 bits per heavy atom. The molecule has 0 radical (unpaired) electrons. The first kappa shape index (κ1) is 18.5. The lowest BCUT2D eigenvalue weighted by Gasteiger charge is -2.19. The van der Waals surface area contributed by atoms with Crippen molar-refractivity contribution in [2.75, 3.05) is 7.11 Å². The van der Waals surface area contributed by atoms with Crippen LogP contribution in [0.2, 0.25) is 5.02 Å². The van der Waals surface area contributed by atoms with Crippen molar-refractivity contribution in [3.05, 3.63) is 27.8 Å². The molecule has 0 atom stereocenters. The lowest BCUT2D eigenvalue weighted by atomic mass is 9.97. The van der Waals surface area contributed by atoms with E-state index in [0.717, 1.165) is 5.56 Å². The number of benzene rings is 1. The largest absolute Gasteiger partial charge is 0.490 e. The Balaban J connectivity index is 3.04. The van der Waals surface area contributed by atoms with Gasteiger partial charge in [0, 0.05) is 17.9 Å². The van der Waals surface area contributed by atoms with Gasteiger partial charge in [-0.2, -0.15) is 0 Å². The summed E-state index contributed by atoms with van der Waals surface area (Å²) in [4.78, 5) is 23.7. The van der Waals surface area contributed by atoms with Crippen LogP contribution < -0.4 is 4.74 Å². The zero-order chi connectivity index (χ0) is 16.9. The molecule has 0 bridgehead atoms. The van der Waals surface area contributed by atoms with Crippen molar-refractivity contribution in [2.45, 2.75) is 53.1 Å². The zero-order valence-corrected chi connectivity index (χ0v) is 14.5. The molecule has 1 rings (SSSR count). The summed E-state index contributed by atoms with van der Waals surface area (Å²) in [6.07, 6.45) is 0.879. The predicted octanol–water partition coefficient (Wildman–Crippen LogP) is 4.27. The van der Waals surface area contributed by atoms with Gasteiger partial charge in [0.2, 0.25) is 0 Å². The summed E-state index contributed by atoms with van der Waals surface area (Å²) in [6, 6.07) is 1.81. The van der Waals surface area contributed by atoms with Gasteiger partial charge >= 0.3 is 5.97 Å². The van der Waals surface area contributed by atoms with Crippen LogP contribution in [0.4, 0.5) is 0 Å². The number of halogens is 1. The summed E-state index contributed by atoms with van der Waals surface area (Å²) in [5.41, 5.74) is 2.06. The molecule has 0 N–H and O–H groups in total. The van der Waals surface area contributed by atoms with Gasteiger partial charge in [0.1, 0.15) is 5.75 Å². The SMILES string of the molecule is COC(=O)CCCC(=O)c1c(C)c(Cl)cc(C)c1OC(C)C. The van der Waals surface area contributed by atoms with Crippen molar-refractivity contribution in [1.82, 2.24) is 0 Å². The summed E-state index contributed by atoms with van der Waals surface area (Å²) in [5.74, 6) is 0.202. The fourth-order valence-corrected chi connectivity index (χ4v) is 2.45. The Morgan fingerprint density at radius 2 is 1.86 bits per heavy atom. The number of ketones is 1. The van der Waals surface area contributed by atoms with Gasteiger partial charge in [0.05, 0.1) is 18.8 Å². The molecule has 1 aromatic carbocycles. The number of Topliss-reactive ketones (excluding diaryl/α,β-unsaturated/α-hetero) is 1. The first-order valence-corrected chi connectivity index (χ1v) is 7.72. The van der Waals surface area contributed by atoms with Gasteiger partial charge in [-0.15, -0.1) is 0 Å². The van der Waals surface area contributed by atoms with Crippen LogP contribution in [-0.2, 0) is 9.53 Å². The lowest BCUT2D eigenvalue weighted by Crippen LogP contribution is -2.13. The van der Waals surface area contributed by atoms with E-state index in [2.05, 4.69) is 4.74 Å². The van der Waals surface area contributed by atoms with Gasteiger partial charge in [0.15, 0.2) is 5.78 Å². The van der Waals surface area contributed by atoms with E-state index < -0.39 is 0 Å². The van der Waals surface area contributed by atoms with Crippen LogP contribution in [0.15, 0.2) is 6.07 Å². The third-order valence-corrected chi connectivity index (χ3v) is 3.70. The third-order valence-electron chi connectivity index (χ3n) is 3.31. The number of hydrogen-bond acceptors (Lipinski definition) is 4. The Kier molecular flexibility index (Phi) is 6.88. The smallest absolute Gasteiger partial charge is 0.305 e. The second kappa shape index (κ2) is 8.18. The number of methoxy groups -OCH3 is 1. The fourth-order valence-electron chi connectivity index (χ4n) is 2.19. The molecule has 0 saturated carbocycles. The maximum Gasteiger partial charge on any atom is 0.305 e. The molecule has 0 saturated heterocycles. The topological polar surface area (TPSA) is 52.6 Å². The highest BCUT2D eigenvalue weighted by Gasteiger charge is 2.21. The molecule has 0 aliphatic carbocycles. The summed E-state index contributed by atoms with van der Waals surface area (Å²) in [5, 5.41) is 0.546. The number of esters is 1. The van der Waals surface area contributed by atoms with E-state index in [0.29, 0.717) is 28.3 Å². The van der Waals surface area contributed by atoms with Crippen LogP contribution in [0.3, 0.4) is 0 Å². The molecule has 0 amide bonds. The molecule has 0 aromatic heterocycles. The second-order valence-corrected chi connectivity index (χ2v) is 5.93. The quantitative estimate of drug-likeness (QED) is 0.554. The average Bonchev–Trinajstić information content (AvgIpc) is 2.44. The van der Waals surface area contributed by atoms with Gasteiger partial charge in [-0.05, 0) is 51.3 Å². The molecule has 0 aliphatic heterocycles. The third kappa shape index (κ3) is 4.73. The van der Waals surface area contributed by atoms with Crippen molar-refractivity contribution < 1.29 is 19.1 Å². The molecule has 0 fully saturated rings. The van der Waals surface area contributed by atoms with Crippen LogP contribution in [0.1, 0.15) is 54.6 Å². The normalized spacial score (nSPS) is 10.7. The summed E-state index contributed by atoms with van der Waals surface area (Å²) < 4.78 is 10.4. The van der Waals surface area contributed by atoms with Gasteiger partial charge in [-0.3, -0.25) is 9.59 Å². The van der Waals surface area contributed by atoms with E-state index in [1.54, 1.807) is 6.07 Å². The number of carbonyl (C=O) groups is 2. The standard InChI is InChI=1S/C17H23ClO4/c1-10(2)22-17-11(3)9-13(18)12(4)16(17)14(19)7-6-8-15(20)21-5/h9-10H,6-8H2,1-5H3. The number of hydrogen-bond donors (Lipinski definition) is 0. The van der Waals surface area contributed by atoms with E-state index in [-0.39, 0.29) is 30.7 Å². The van der Waals surface area contributed by atoms with E-state index in [4.69, 9.17) is 16.3 Å². The minimum atomic E-state index is -0.314. The first-order valence-electron chi connectivity index (χ1n) is 7.34. The van der Waals surface area contributed by atoms with E-state index >= 15 is 0 Å². The molecular formula is C17H23ClO4. The van der Waals surface area contributed by atoms with E-state index in [1.165, 1.54) is 7.11 Å². The Bertz CT molecular complexity index is 564. The number of ether oxygens (including phenoxy) is 2. The fraction of sp³-hybridized carbons (Fsp3) is 0.529. The predicted molar refractivity (Wildman–Crippen MR) is 86.9 cm³/mol. The molecule has 4 nitrogen and oxygen atoms in total. The highest BCUT2D eigenvalue weighted by Crippen LogP contribution is 2.34. The minimum absolute atomic E-state index is 0.0408. The average molecular weight is 327 g/mol. The van der Waals surface area contributed by atoms with Gasteiger partial charge in [-0.25, -0.2) is 0 Å². The molecule has 0 heterocycles. The molecule has 22 heavy (non-hydrogen) atoms. The van der Waals surface area contributed by atoms with Gasteiger partial charge in [0.25, 0.3) is 0 Å². The Hall–Kier alpha value is -1.55. The molecule has 0 spiro atoms. The highest BCUT2D eigenvalue weighted by molar-refractivity contribution is 6.32. The summed E-state index contributed by atoms with van der Waals surface area (Å²) in [7, 11) is 1.34.